The predicted molar refractivity (Wildman–Crippen MR) is 80.1 cm³/mol. The van der Waals surface area contributed by atoms with Gasteiger partial charge < -0.3 is 15.4 Å². The van der Waals surface area contributed by atoms with E-state index in [-0.39, 0.29) is 0 Å². The average Bonchev–Trinajstić information content (AvgIpc) is 2.46. The predicted octanol–water partition coefficient (Wildman–Crippen LogP) is 3.23. The molecule has 0 aliphatic rings. The summed E-state index contributed by atoms with van der Waals surface area (Å²) in [4.78, 5) is 2.12. The highest BCUT2D eigenvalue weighted by Crippen LogP contribution is 2.33. The number of hydrogen-bond donors (Lipinski definition) is 1. The first-order chi connectivity index (χ1) is 9.15. The SMILES string of the molecule is COc1ccc(C)cc1N(C)c1ccc(CN)cc1. The van der Waals surface area contributed by atoms with E-state index in [4.69, 9.17) is 10.5 Å². The van der Waals surface area contributed by atoms with Gasteiger partial charge >= 0.3 is 0 Å². The van der Waals surface area contributed by atoms with Gasteiger partial charge in [0.05, 0.1) is 12.8 Å². The standard InChI is InChI=1S/C16H20N2O/c1-12-4-9-16(19-3)15(10-12)18(2)14-7-5-13(11-17)6-8-14/h4-10H,11,17H2,1-3H3. The molecule has 2 N–H and O–H groups in total. The monoisotopic (exact) mass is 256 g/mol. The van der Waals surface area contributed by atoms with Crippen LogP contribution in [0.5, 0.6) is 5.75 Å². The molecular formula is C16H20N2O. The first-order valence-electron chi connectivity index (χ1n) is 6.33. The van der Waals surface area contributed by atoms with Gasteiger partial charge in [0.1, 0.15) is 5.75 Å². The van der Waals surface area contributed by atoms with Crippen molar-refractivity contribution in [3.8, 4) is 5.75 Å². The number of methoxy groups -OCH3 is 1. The molecule has 3 heteroatoms. The van der Waals surface area contributed by atoms with Gasteiger partial charge in [-0.1, -0.05) is 18.2 Å². The van der Waals surface area contributed by atoms with Crippen LogP contribution in [0.1, 0.15) is 11.1 Å². The smallest absolute Gasteiger partial charge is 0.142 e. The third kappa shape index (κ3) is 2.88. The Morgan fingerprint density at radius 3 is 2.37 bits per heavy atom. The molecule has 0 atom stereocenters. The number of aryl methyl sites for hydroxylation is 1. The number of ether oxygens (including phenoxy) is 1. The molecule has 19 heavy (non-hydrogen) atoms. The topological polar surface area (TPSA) is 38.5 Å². The van der Waals surface area contributed by atoms with Gasteiger partial charge in [0.15, 0.2) is 0 Å². The number of benzene rings is 2. The Morgan fingerprint density at radius 2 is 1.79 bits per heavy atom. The Hall–Kier alpha value is -2.00. The van der Waals surface area contributed by atoms with E-state index in [9.17, 15) is 0 Å². The van der Waals surface area contributed by atoms with Gasteiger partial charge in [-0.05, 0) is 42.3 Å². The zero-order chi connectivity index (χ0) is 13.8. The Bertz CT molecular complexity index is 549. The zero-order valence-electron chi connectivity index (χ0n) is 11.7. The van der Waals surface area contributed by atoms with Crippen molar-refractivity contribution in [1.82, 2.24) is 0 Å². The minimum atomic E-state index is 0.567. The van der Waals surface area contributed by atoms with E-state index in [2.05, 4.69) is 30.0 Å². The maximum Gasteiger partial charge on any atom is 0.142 e. The van der Waals surface area contributed by atoms with Gasteiger partial charge in [-0.3, -0.25) is 0 Å². The Balaban J connectivity index is 2.36. The second-order valence-corrected chi connectivity index (χ2v) is 4.60. The average molecular weight is 256 g/mol. The zero-order valence-corrected chi connectivity index (χ0v) is 11.7. The first-order valence-corrected chi connectivity index (χ1v) is 6.33. The fourth-order valence-electron chi connectivity index (χ4n) is 2.06. The third-order valence-electron chi connectivity index (χ3n) is 3.26. The molecule has 0 aromatic heterocycles. The highest BCUT2D eigenvalue weighted by atomic mass is 16.5. The van der Waals surface area contributed by atoms with Crippen molar-refractivity contribution >= 4 is 11.4 Å². The van der Waals surface area contributed by atoms with Crippen LogP contribution in [0.2, 0.25) is 0 Å². The van der Waals surface area contributed by atoms with Crippen molar-refractivity contribution in [3.63, 3.8) is 0 Å². The minimum Gasteiger partial charge on any atom is -0.495 e. The third-order valence-corrected chi connectivity index (χ3v) is 3.26. The van der Waals surface area contributed by atoms with Gasteiger partial charge in [0.2, 0.25) is 0 Å². The fraction of sp³-hybridized carbons (Fsp3) is 0.250. The number of hydrogen-bond acceptors (Lipinski definition) is 3. The summed E-state index contributed by atoms with van der Waals surface area (Å²) in [5.41, 5.74) is 10.1. The molecule has 0 unspecified atom stereocenters. The van der Waals surface area contributed by atoms with Crippen molar-refractivity contribution in [1.29, 1.82) is 0 Å². The van der Waals surface area contributed by atoms with Crippen LogP contribution in [-0.2, 0) is 6.54 Å². The quantitative estimate of drug-likeness (QED) is 0.912. The van der Waals surface area contributed by atoms with Crippen molar-refractivity contribution in [3.05, 3.63) is 53.6 Å². The number of anilines is 2. The van der Waals surface area contributed by atoms with E-state index < -0.39 is 0 Å². The van der Waals surface area contributed by atoms with Gasteiger partial charge in [-0.2, -0.15) is 0 Å². The lowest BCUT2D eigenvalue weighted by atomic mass is 10.1. The van der Waals surface area contributed by atoms with E-state index in [1.165, 1.54) is 5.56 Å². The Kier molecular flexibility index (Phi) is 4.07. The summed E-state index contributed by atoms with van der Waals surface area (Å²) in [7, 11) is 3.73. The van der Waals surface area contributed by atoms with Crippen LogP contribution >= 0.6 is 0 Å². The van der Waals surface area contributed by atoms with E-state index in [0.29, 0.717) is 6.54 Å². The van der Waals surface area contributed by atoms with E-state index in [1.54, 1.807) is 7.11 Å². The molecule has 2 aromatic rings. The summed E-state index contributed by atoms with van der Waals surface area (Å²) >= 11 is 0. The normalized spacial score (nSPS) is 10.3. The lowest BCUT2D eigenvalue weighted by molar-refractivity contribution is 0.415. The molecule has 0 bridgehead atoms. The molecule has 0 spiro atoms. The summed E-state index contributed by atoms with van der Waals surface area (Å²) in [5, 5.41) is 0. The fourth-order valence-corrected chi connectivity index (χ4v) is 2.06. The van der Waals surface area contributed by atoms with Crippen LogP contribution in [-0.4, -0.2) is 14.2 Å². The largest absolute Gasteiger partial charge is 0.495 e. The molecular weight excluding hydrogens is 236 g/mol. The molecule has 100 valence electrons. The number of nitrogens with two attached hydrogens (primary N) is 1. The van der Waals surface area contributed by atoms with Crippen molar-refractivity contribution in [2.75, 3.05) is 19.1 Å². The summed E-state index contributed by atoms with van der Waals surface area (Å²) in [6, 6.07) is 14.4. The molecule has 2 aromatic carbocycles. The molecule has 0 radical (unpaired) electrons. The minimum absolute atomic E-state index is 0.567. The van der Waals surface area contributed by atoms with Gasteiger partial charge in [-0.25, -0.2) is 0 Å². The summed E-state index contributed by atoms with van der Waals surface area (Å²) in [6.07, 6.45) is 0. The van der Waals surface area contributed by atoms with Crippen LogP contribution in [0.25, 0.3) is 0 Å². The van der Waals surface area contributed by atoms with Crippen molar-refractivity contribution < 1.29 is 4.74 Å². The first kappa shape index (κ1) is 13.4. The maximum absolute atomic E-state index is 5.62. The van der Waals surface area contributed by atoms with Gasteiger partial charge in [-0.15, -0.1) is 0 Å². The van der Waals surface area contributed by atoms with Crippen LogP contribution < -0.4 is 15.4 Å². The molecule has 0 aliphatic heterocycles. The molecule has 0 saturated heterocycles. The molecule has 0 saturated carbocycles. The second-order valence-electron chi connectivity index (χ2n) is 4.60. The highest BCUT2D eigenvalue weighted by Gasteiger charge is 2.10. The Morgan fingerprint density at radius 1 is 1.11 bits per heavy atom. The molecule has 2 rings (SSSR count). The summed E-state index contributed by atoms with van der Waals surface area (Å²) in [5.74, 6) is 0.871. The lowest BCUT2D eigenvalue weighted by Gasteiger charge is -2.22. The van der Waals surface area contributed by atoms with Crippen molar-refractivity contribution in [2.45, 2.75) is 13.5 Å². The van der Waals surface area contributed by atoms with Gasteiger partial charge in [0.25, 0.3) is 0 Å². The van der Waals surface area contributed by atoms with Crippen LogP contribution in [0.4, 0.5) is 11.4 Å². The number of nitrogens with zero attached hydrogens (tertiary/aromatic N) is 1. The van der Waals surface area contributed by atoms with E-state index in [1.807, 2.05) is 31.3 Å². The van der Waals surface area contributed by atoms with Crippen molar-refractivity contribution in [2.24, 2.45) is 5.73 Å². The Labute approximate surface area is 114 Å². The summed E-state index contributed by atoms with van der Waals surface area (Å²) in [6.45, 7) is 2.64. The maximum atomic E-state index is 5.62. The van der Waals surface area contributed by atoms with Crippen LogP contribution in [0.15, 0.2) is 42.5 Å². The molecule has 3 nitrogen and oxygen atoms in total. The molecule has 0 fully saturated rings. The number of rotatable bonds is 4. The highest BCUT2D eigenvalue weighted by molar-refractivity contribution is 5.69. The van der Waals surface area contributed by atoms with E-state index >= 15 is 0 Å². The molecule has 0 heterocycles. The second kappa shape index (κ2) is 5.76. The van der Waals surface area contributed by atoms with Crippen LogP contribution in [0.3, 0.4) is 0 Å². The van der Waals surface area contributed by atoms with E-state index in [0.717, 1.165) is 22.7 Å². The van der Waals surface area contributed by atoms with Crippen LogP contribution in [0, 0.1) is 6.92 Å². The summed E-state index contributed by atoms with van der Waals surface area (Å²) < 4.78 is 5.43. The molecule has 0 aliphatic carbocycles. The lowest BCUT2D eigenvalue weighted by Crippen LogP contribution is -2.11. The van der Waals surface area contributed by atoms with Gasteiger partial charge in [0, 0.05) is 19.3 Å². The molecule has 0 amide bonds.